The zero-order valence-electron chi connectivity index (χ0n) is 16.8. The molecule has 0 bridgehead atoms. The number of nitrogens with one attached hydrogen (secondary N) is 1. The van der Waals surface area contributed by atoms with Crippen molar-refractivity contribution in [1.29, 1.82) is 0 Å². The van der Waals surface area contributed by atoms with Crippen LogP contribution in [0.25, 0.3) is 0 Å². The minimum atomic E-state index is -3.62. The lowest BCUT2D eigenvalue weighted by molar-refractivity contribution is -0.137. The van der Waals surface area contributed by atoms with Crippen molar-refractivity contribution in [3.63, 3.8) is 0 Å². The molecule has 8 nitrogen and oxygen atoms in total. The number of carboxylic acids is 1. The van der Waals surface area contributed by atoms with Crippen molar-refractivity contribution < 1.29 is 23.1 Å². The molecule has 2 aliphatic rings. The zero-order valence-corrected chi connectivity index (χ0v) is 17.7. The molecule has 0 atom stereocenters. The van der Waals surface area contributed by atoms with E-state index in [9.17, 15) is 23.1 Å². The predicted molar refractivity (Wildman–Crippen MR) is 110 cm³/mol. The Kier molecular flexibility index (Phi) is 5.42. The maximum absolute atomic E-state index is 13.2. The van der Waals surface area contributed by atoms with Crippen LogP contribution in [-0.4, -0.2) is 53.9 Å². The van der Waals surface area contributed by atoms with Gasteiger partial charge >= 0.3 is 5.97 Å². The maximum Gasteiger partial charge on any atom is 0.323 e. The van der Waals surface area contributed by atoms with Gasteiger partial charge in [0.1, 0.15) is 6.54 Å². The van der Waals surface area contributed by atoms with E-state index >= 15 is 0 Å². The Morgan fingerprint density at radius 2 is 1.90 bits per heavy atom. The van der Waals surface area contributed by atoms with Crippen LogP contribution in [0.2, 0.25) is 0 Å². The second-order valence-corrected chi connectivity index (χ2v) is 9.67. The molecule has 0 radical (unpaired) electrons. The molecule has 160 valence electrons. The summed E-state index contributed by atoms with van der Waals surface area (Å²) in [5, 5.41) is 12.1. The number of aliphatic carboxylic acids is 1. The van der Waals surface area contributed by atoms with Crippen molar-refractivity contribution in [3.8, 4) is 0 Å². The summed E-state index contributed by atoms with van der Waals surface area (Å²) in [5.74, 6) is -1.22. The van der Waals surface area contributed by atoms with Crippen molar-refractivity contribution in [1.82, 2.24) is 14.2 Å². The second kappa shape index (κ2) is 7.88. The van der Waals surface area contributed by atoms with E-state index < -0.39 is 16.0 Å². The van der Waals surface area contributed by atoms with Gasteiger partial charge in [-0.15, -0.1) is 0 Å². The largest absolute Gasteiger partial charge is 0.480 e. The van der Waals surface area contributed by atoms with Gasteiger partial charge in [-0.05, 0) is 37.0 Å². The van der Waals surface area contributed by atoms with Gasteiger partial charge < -0.3 is 15.0 Å². The molecule has 0 unspecified atom stereocenters. The Morgan fingerprint density at radius 1 is 1.20 bits per heavy atom. The normalized spacial score (nSPS) is 17.0. The smallest absolute Gasteiger partial charge is 0.323 e. The molecular formula is C21H25N3O5S. The molecule has 1 fully saturated rings. The summed E-state index contributed by atoms with van der Waals surface area (Å²) >= 11 is 0. The quantitative estimate of drug-likeness (QED) is 0.721. The second-order valence-electron chi connectivity index (χ2n) is 7.77. The number of sulfonamides is 1. The van der Waals surface area contributed by atoms with Crippen molar-refractivity contribution in [2.24, 2.45) is 0 Å². The van der Waals surface area contributed by atoms with Gasteiger partial charge in [-0.3, -0.25) is 9.59 Å². The molecule has 0 saturated carbocycles. The summed E-state index contributed by atoms with van der Waals surface area (Å²) in [6.45, 7) is 3.05. The number of amides is 1. The molecule has 9 heteroatoms. The summed E-state index contributed by atoms with van der Waals surface area (Å²) in [5.41, 5.74) is 3.17. The van der Waals surface area contributed by atoms with Gasteiger partial charge in [-0.25, -0.2) is 8.42 Å². The summed E-state index contributed by atoms with van der Waals surface area (Å²) < 4.78 is 29.6. The average molecular weight is 432 g/mol. The topological polar surface area (TPSA) is 109 Å². The highest BCUT2D eigenvalue weighted by molar-refractivity contribution is 7.89. The third kappa shape index (κ3) is 3.52. The third-order valence-electron chi connectivity index (χ3n) is 5.95. The molecule has 1 amide bonds. The van der Waals surface area contributed by atoms with Crippen LogP contribution in [0.5, 0.6) is 0 Å². The molecule has 0 spiro atoms. The third-order valence-corrected chi connectivity index (χ3v) is 7.95. The Balaban J connectivity index is 1.80. The van der Waals surface area contributed by atoms with E-state index in [4.69, 9.17) is 0 Å². The zero-order chi connectivity index (χ0) is 21.5. The standard InChI is InChI=1S/C21H25N3O5S/c1-14-16(20-17(8-9-22-21(20)27)24(14)13-19(25)26)12-15-6-2-3-7-18(15)30(28,29)23-10-4-5-11-23/h2-3,6-7H,4-5,8-13H2,1H3,(H,22,27)(H,25,26). The molecule has 2 aromatic rings. The molecule has 2 aliphatic heterocycles. The Hall–Kier alpha value is -2.65. The molecule has 0 aliphatic carbocycles. The van der Waals surface area contributed by atoms with E-state index in [0.717, 1.165) is 12.8 Å². The number of hydrogen-bond donors (Lipinski definition) is 2. The van der Waals surface area contributed by atoms with Gasteiger partial charge in [-0.1, -0.05) is 18.2 Å². The lowest BCUT2D eigenvalue weighted by atomic mass is 9.97. The van der Waals surface area contributed by atoms with E-state index in [1.807, 2.05) is 0 Å². The monoisotopic (exact) mass is 431 g/mol. The van der Waals surface area contributed by atoms with Crippen molar-refractivity contribution in [2.75, 3.05) is 19.6 Å². The van der Waals surface area contributed by atoms with Gasteiger partial charge in [0.25, 0.3) is 5.91 Å². The number of carboxylic acid groups (broad SMARTS) is 1. The summed E-state index contributed by atoms with van der Waals surface area (Å²) in [6, 6.07) is 6.87. The van der Waals surface area contributed by atoms with Gasteiger partial charge in [-0.2, -0.15) is 4.31 Å². The molecule has 30 heavy (non-hydrogen) atoms. The fourth-order valence-electron chi connectivity index (χ4n) is 4.49. The number of fused-ring (bicyclic) bond motifs is 1. The van der Waals surface area contributed by atoms with Gasteiger partial charge in [0.2, 0.25) is 10.0 Å². The van der Waals surface area contributed by atoms with E-state index in [-0.39, 0.29) is 23.8 Å². The fraction of sp³-hybridized carbons (Fsp3) is 0.429. The highest BCUT2D eigenvalue weighted by Gasteiger charge is 2.32. The molecule has 2 N–H and O–H groups in total. The minimum absolute atomic E-state index is 0.227. The molecule has 1 saturated heterocycles. The highest BCUT2D eigenvalue weighted by atomic mass is 32.2. The first kappa shape index (κ1) is 20.6. The number of hydrogen-bond acceptors (Lipinski definition) is 4. The number of benzene rings is 1. The Labute approximate surface area is 175 Å². The lowest BCUT2D eigenvalue weighted by Gasteiger charge is -2.19. The predicted octanol–water partition coefficient (Wildman–Crippen LogP) is 1.54. The summed E-state index contributed by atoms with van der Waals surface area (Å²) in [4.78, 5) is 24.3. The SMILES string of the molecule is Cc1c(Cc2ccccc2S(=O)(=O)N2CCCC2)c2c(n1CC(=O)O)CCNC2=O. The van der Waals surface area contributed by atoms with Gasteiger partial charge in [0.05, 0.1) is 10.5 Å². The van der Waals surface area contributed by atoms with E-state index in [0.29, 0.717) is 54.1 Å². The van der Waals surface area contributed by atoms with E-state index in [1.165, 1.54) is 4.31 Å². The number of nitrogens with zero attached hydrogens (tertiary/aromatic N) is 2. The summed E-state index contributed by atoms with van der Waals surface area (Å²) in [7, 11) is -3.62. The first-order valence-electron chi connectivity index (χ1n) is 10.1. The Bertz CT molecular complexity index is 1110. The number of rotatable bonds is 6. The molecule has 3 heterocycles. The van der Waals surface area contributed by atoms with Gasteiger partial charge in [0.15, 0.2) is 0 Å². The minimum Gasteiger partial charge on any atom is -0.480 e. The van der Waals surface area contributed by atoms with E-state index in [2.05, 4.69) is 5.32 Å². The van der Waals surface area contributed by atoms with Crippen molar-refractivity contribution in [2.45, 2.75) is 44.0 Å². The Morgan fingerprint density at radius 3 is 2.60 bits per heavy atom. The van der Waals surface area contributed by atoms with E-state index in [1.54, 1.807) is 35.8 Å². The van der Waals surface area contributed by atoms with Crippen LogP contribution in [0.3, 0.4) is 0 Å². The van der Waals surface area contributed by atoms with Crippen LogP contribution in [-0.2, 0) is 34.2 Å². The molecule has 1 aromatic heterocycles. The van der Waals surface area contributed by atoms with Crippen LogP contribution >= 0.6 is 0 Å². The van der Waals surface area contributed by atoms with Crippen molar-refractivity contribution >= 4 is 21.9 Å². The van der Waals surface area contributed by atoms with Crippen LogP contribution < -0.4 is 5.32 Å². The average Bonchev–Trinajstić information content (AvgIpc) is 3.33. The number of carbonyl (C=O) groups is 2. The molecular weight excluding hydrogens is 406 g/mol. The number of aromatic nitrogens is 1. The van der Waals surface area contributed by atoms with Gasteiger partial charge in [0, 0.05) is 43.9 Å². The van der Waals surface area contributed by atoms with Crippen LogP contribution in [0.1, 0.15) is 45.7 Å². The summed E-state index contributed by atoms with van der Waals surface area (Å²) in [6.07, 6.45) is 2.50. The molecule has 4 rings (SSSR count). The maximum atomic E-state index is 13.2. The van der Waals surface area contributed by atoms with Crippen molar-refractivity contribution in [3.05, 3.63) is 52.3 Å². The van der Waals surface area contributed by atoms with Crippen LogP contribution in [0.4, 0.5) is 0 Å². The van der Waals surface area contributed by atoms with Crippen LogP contribution in [0.15, 0.2) is 29.2 Å². The first-order valence-corrected chi connectivity index (χ1v) is 11.5. The van der Waals surface area contributed by atoms with Crippen LogP contribution in [0, 0.1) is 6.92 Å². The highest BCUT2D eigenvalue weighted by Crippen LogP contribution is 2.31. The lowest BCUT2D eigenvalue weighted by Crippen LogP contribution is -2.33. The number of carbonyl (C=O) groups excluding carboxylic acids is 1. The molecule has 1 aromatic carbocycles. The fourth-order valence-corrected chi connectivity index (χ4v) is 6.23. The first-order chi connectivity index (χ1) is 14.3.